The van der Waals surface area contributed by atoms with E-state index in [-0.39, 0.29) is 0 Å². The standard InChI is InChI=1S/C68H48N2/c1-2-12-49-30-31-50-32-37-64(45-59(50)42-53(49)15-3-1)70(68-23-11-19-52-14-7-9-21-66(52)68)62-38-33-56-40-48(26-29-58(56)44-62)25-24-47-27-35-61(36-28-47)69(67-22-10-18-51-13-6-8-20-65(51)67)63-39-34-57-41-54-16-4-5-17-55(54)43-60(57)46-63/h1-11,13-30,32-46H,12,31H2/b25-24+. The van der Waals surface area contributed by atoms with Crippen LogP contribution in [0.5, 0.6) is 0 Å². The number of fused-ring (bicyclic) bond motifs is 7. The number of benzene rings is 11. The molecule has 11 aromatic rings. The van der Waals surface area contributed by atoms with Crippen LogP contribution in [0.25, 0.3) is 72.1 Å². The third-order valence-electron chi connectivity index (χ3n) is 14.2. The molecule has 0 fully saturated rings. The SMILES string of the molecule is C1=CCC2=CCc3ccc(N(c4ccc5cc(/C=C/c6ccc(N(c7ccc8cc9ccccc9cc8c7)c7cccc8ccccc78)cc6)ccc5c4)c4cccc5ccccc45)cc3C=C2C=C1. The summed E-state index contributed by atoms with van der Waals surface area (Å²) in [6, 6.07) is 80.3. The van der Waals surface area contributed by atoms with Gasteiger partial charge >= 0.3 is 0 Å². The van der Waals surface area contributed by atoms with Gasteiger partial charge in [0.25, 0.3) is 0 Å². The zero-order chi connectivity index (χ0) is 46.4. The predicted octanol–water partition coefficient (Wildman–Crippen LogP) is 18.9. The highest BCUT2D eigenvalue weighted by molar-refractivity contribution is 6.04. The van der Waals surface area contributed by atoms with Crippen LogP contribution in [0, 0.1) is 0 Å². The summed E-state index contributed by atoms with van der Waals surface area (Å²) in [5.41, 5.74) is 14.4. The van der Waals surface area contributed by atoms with Crippen molar-refractivity contribution >= 4 is 106 Å². The summed E-state index contributed by atoms with van der Waals surface area (Å²) in [4.78, 5) is 4.83. The monoisotopic (exact) mass is 892 g/mol. The minimum Gasteiger partial charge on any atom is -0.310 e. The maximum atomic E-state index is 2.44. The molecule has 0 radical (unpaired) electrons. The molecule has 0 aliphatic heterocycles. The van der Waals surface area contributed by atoms with E-state index in [1.807, 2.05) is 0 Å². The van der Waals surface area contributed by atoms with Gasteiger partial charge in [-0.15, -0.1) is 0 Å². The number of nitrogens with zero attached hydrogens (tertiary/aromatic N) is 2. The Labute approximate surface area is 409 Å². The molecule has 70 heavy (non-hydrogen) atoms. The Bertz CT molecular complexity index is 4000. The lowest BCUT2D eigenvalue weighted by Crippen LogP contribution is -2.11. The number of anilines is 6. The van der Waals surface area contributed by atoms with Crippen molar-refractivity contribution in [2.75, 3.05) is 9.80 Å². The van der Waals surface area contributed by atoms with Gasteiger partial charge in [-0.1, -0.05) is 182 Å². The smallest absolute Gasteiger partial charge is 0.0540 e. The summed E-state index contributed by atoms with van der Waals surface area (Å²) in [6.45, 7) is 0. The quantitative estimate of drug-likeness (QED) is 0.111. The van der Waals surface area contributed by atoms with E-state index in [0.29, 0.717) is 0 Å². The molecule has 330 valence electrons. The van der Waals surface area contributed by atoms with Crippen molar-refractivity contribution in [1.82, 2.24) is 0 Å². The van der Waals surface area contributed by atoms with Gasteiger partial charge in [0.05, 0.1) is 11.4 Å². The van der Waals surface area contributed by atoms with Gasteiger partial charge in [0.15, 0.2) is 0 Å². The van der Waals surface area contributed by atoms with E-state index < -0.39 is 0 Å². The highest BCUT2D eigenvalue weighted by atomic mass is 15.1. The fourth-order valence-corrected chi connectivity index (χ4v) is 10.6. The first-order valence-corrected chi connectivity index (χ1v) is 24.3. The highest BCUT2D eigenvalue weighted by Crippen LogP contribution is 2.43. The number of rotatable bonds is 8. The van der Waals surface area contributed by atoms with Crippen molar-refractivity contribution in [2.24, 2.45) is 0 Å². The van der Waals surface area contributed by atoms with Crippen LogP contribution in [0.2, 0.25) is 0 Å². The topological polar surface area (TPSA) is 6.48 Å². The van der Waals surface area contributed by atoms with Crippen molar-refractivity contribution in [2.45, 2.75) is 12.8 Å². The number of hydrogen-bond acceptors (Lipinski definition) is 2. The fourth-order valence-electron chi connectivity index (χ4n) is 10.6. The first kappa shape index (κ1) is 41.2. The molecule has 0 spiro atoms. The van der Waals surface area contributed by atoms with Crippen LogP contribution >= 0.6 is 0 Å². The summed E-state index contributed by atoms with van der Waals surface area (Å²) in [7, 11) is 0. The summed E-state index contributed by atoms with van der Waals surface area (Å²) < 4.78 is 0. The second kappa shape index (κ2) is 17.6. The minimum atomic E-state index is 0.924. The molecule has 0 N–H and O–H groups in total. The second-order valence-electron chi connectivity index (χ2n) is 18.5. The minimum absolute atomic E-state index is 0.924. The number of allylic oxidation sites excluding steroid dienone is 7. The van der Waals surface area contributed by atoms with Gasteiger partial charge in [-0.2, -0.15) is 0 Å². The summed E-state index contributed by atoms with van der Waals surface area (Å²) >= 11 is 0. The van der Waals surface area contributed by atoms with E-state index in [9.17, 15) is 0 Å². The van der Waals surface area contributed by atoms with Gasteiger partial charge in [0.2, 0.25) is 0 Å². The van der Waals surface area contributed by atoms with Crippen molar-refractivity contribution in [3.63, 3.8) is 0 Å². The molecule has 0 heterocycles. The largest absolute Gasteiger partial charge is 0.310 e. The predicted molar refractivity (Wildman–Crippen MR) is 301 cm³/mol. The molecule has 0 unspecified atom stereocenters. The fraction of sp³-hybridized carbons (Fsp3) is 0.0294. The molecule has 2 nitrogen and oxygen atoms in total. The van der Waals surface area contributed by atoms with Crippen LogP contribution in [-0.2, 0) is 6.42 Å². The molecule has 11 aromatic carbocycles. The lowest BCUT2D eigenvalue weighted by molar-refractivity contribution is 1.19. The normalized spacial score (nSPS) is 13.3. The zero-order valence-corrected chi connectivity index (χ0v) is 38.7. The Hall–Kier alpha value is -8.98. The molecule has 2 aliphatic rings. The molecule has 2 aliphatic carbocycles. The molecule has 13 rings (SSSR count). The summed E-state index contributed by atoms with van der Waals surface area (Å²) in [6.07, 6.45) is 19.9. The van der Waals surface area contributed by atoms with E-state index in [2.05, 4.69) is 277 Å². The Morgan fingerprint density at radius 1 is 0.357 bits per heavy atom. The van der Waals surface area contributed by atoms with Crippen LogP contribution in [0.3, 0.4) is 0 Å². The van der Waals surface area contributed by atoms with Crippen LogP contribution < -0.4 is 9.80 Å². The van der Waals surface area contributed by atoms with Crippen molar-refractivity contribution < 1.29 is 0 Å². The Balaban J connectivity index is 0.824. The molecular weight excluding hydrogens is 845 g/mol. The average molecular weight is 893 g/mol. The molecule has 0 amide bonds. The molecule has 0 saturated carbocycles. The molecule has 0 bridgehead atoms. The maximum Gasteiger partial charge on any atom is 0.0540 e. The van der Waals surface area contributed by atoms with E-state index in [4.69, 9.17) is 0 Å². The molecular formula is C68H48N2. The van der Waals surface area contributed by atoms with Crippen LogP contribution in [0.4, 0.5) is 34.1 Å². The van der Waals surface area contributed by atoms with Gasteiger partial charge in [0, 0.05) is 33.5 Å². The van der Waals surface area contributed by atoms with Gasteiger partial charge in [-0.25, -0.2) is 0 Å². The molecule has 0 saturated heterocycles. The lowest BCUT2D eigenvalue weighted by atomic mass is 10.00. The van der Waals surface area contributed by atoms with Gasteiger partial charge in [-0.3, -0.25) is 0 Å². The van der Waals surface area contributed by atoms with Crippen LogP contribution in [-0.4, -0.2) is 0 Å². The van der Waals surface area contributed by atoms with Gasteiger partial charge in [0.1, 0.15) is 0 Å². The van der Waals surface area contributed by atoms with Crippen LogP contribution in [0.1, 0.15) is 28.7 Å². The summed E-state index contributed by atoms with van der Waals surface area (Å²) in [5, 5.41) is 12.2. The third kappa shape index (κ3) is 7.76. The van der Waals surface area contributed by atoms with Crippen molar-refractivity contribution in [1.29, 1.82) is 0 Å². The maximum absolute atomic E-state index is 2.44. The zero-order valence-electron chi connectivity index (χ0n) is 38.7. The second-order valence-corrected chi connectivity index (χ2v) is 18.5. The number of hydrogen-bond donors (Lipinski definition) is 0. The van der Waals surface area contributed by atoms with Gasteiger partial charge in [-0.05, 0) is 174 Å². The van der Waals surface area contributed by atoms with Crippen molar-refractivity contribution in [3.8, 4) is 0 Å². The average Bonchev–Trinajstić information content (AvgIpc) is 3.74. The van der Waals surface area contributed by atoms with E-state index >= 15 is 0 Å². The third-order valence-corrected chi connectivity index (χ3v) is 14.2. The Kier molecular flexibility index (Phi) is 10.4. The highest BCUT2D eigenvalue weighted by Gasteiger charge is 2.20. The summed E-state index contributed by atoms with van der Waals surface area (Å²) in [5.74, 6) is 0. The Morgan fingerprint density at radius 3 is 1.60 bits per heavy atom. The van der Waals surface area contributed by atoms with E-state index in [1.54, 1.807) is 0 Å². The first-order valence-electron chi connectivity index (χ1n) is 24.3. The Morgan fingerprint density at radius 2 is 0.871 bits per heavy atom. The first-order chi connectivity index (χ1) is 34.6. The van der Waals surface area contributed by atoms with Crippen molar-refractivity contribution in [3.05, 3.63) is 282 Å². The molecule has 0 aromatic heterocycles. The van der Waals surface area contributed by atoms with Gasteiger partial charge < -0.3 is 9.80 Å². The van der Waals surface area contributed by atoms with E-state index in [0.717, 1.165) is 58.1 Å². The lowest BCUT2D eigenvalue weighted by Gasteiger charge is -2.28. The molecule has 0 atom stereocenters. The van der Waals surface area contributed by atoms with Crippen LogP contribution in [0.15, 0.2) is 260 Å². The van der Waals surface area contributed by atoms with E-state index in [1.165, 1.54) is 76.1 Å². The molecule has 2 heteroatoms.